The number of nitrogens with two attached hydrogens (primary N) is 1. The minimum atomic E-state index is -4.24. The lowest BCUT2D eigenvalue weighted by Crippen LogP contribution is -2.47. The summed E-state index contributed by atoms with van der Waals surface area (Å²) in [6.45, 7) is 1.90. The molecule has 0 atom stereocenters. The molecule has 1 heterocycles. The molecule has 0 aromatic heterocycles. The number of aryl methyl sites for hydroxylation is 1. The first-order valence-electron chi connectivity index (χ1n) is 10.2. The van der Waals surface area contributed by atoms with Crippen molar-refractivity contribution in [3.63, 3.8) is 0 Å². The van der Waals surface area contributed by atoms with E-state index in [9.17, 15) is 18.0 Å². The van der Waals surface area contributed by atoms with Crippen LogP contribution in [0.15, 0.2) is 41.3 Å². The Morgan fingerprint density at radius 2 is 1.73 bits per heavy atom. The van der Waals surface area contributed by atoms with E-state index in [0.717, 1.165) is 4.31 Å². The predicted molar refractivity (Wildman–Crippen MR) is 127 cm³/mol. The lowest BCUT2D eigenvalue weighted by Gasteiger charge is -2.33. The number of halogens is 2. The number of hydrogen-bond acceptors (Lipinski definition) is 5. The highest BCUT2D eigenvalue weighted by Crippen LogP contribution is 2.33. The van der Waals surface area contributed by atoms with Gasteiger partial charge in [-0.15, -0.1) is 0 Å². The first-order chi connectivity index (χ1) is 15.5. The van der Waals surface area contributed by atoms with Crippen LogP contribution in [0.2, 0.25) is 10.0 Å². The Hall–Kier alpha value is -2.49. The highest BCUT2D eigenvalue weighted by atomic mass is 35.5. The molecule has 0 radical (unpaired) electrons. The number of likely N-dealkylation sites (tertiary alicyclic amines) is 1. The summed E-state index contributed by atoms with van der Waals surface area (Å²) in [4.78, 5) is 26.0. The maximum atomic E-state index is 13.8. The number of piperidine rings is 1. The van der Waals surface area contributed by atoms with Crippen molar-refractivity contribution in [2.75, 3.05) is 31.0 Å². The van der Waals surface area contributed by atoms with Crippen LogP contribution in [-0.2, 0) is 19.6 Å². The summed E-state index contributed by atoms with van der Waals surface area (Å²) >= 11 is 12.3. The third-order valence-corrected chi connectivity index (χ3v) is 7.78. The van der Waals surface area contributed by atoms with Crippen LogP contribution in [0.5, 0.6) is 5.75 Å². The first-order valence-corrected chi connectivity index (χ1v) is 12.4. The minimum Gasteiger partial charge on any atom is -0.495 e. The Kier molecular flexibility index (Phi) is 7.76. The number of methoxy groups -OCH3 is 1. The van der Waals surface area contributed by atoms with Crippen LogP contribution < -0.4 is 14.8 Å². The Balaban J connectivity index is 2.00. The molecule has 8 nitrogen and oxygen atoms in total. The molecule has 0 bridgehead atoms. The van der Waals surface area contributed by atoms with E-state index in [1.54, 1.807) is 19.1 Å². The van der Waals surface area contributed by atoms with Gasteiger partial charge in [-0.05, 0) is 55.7 Å². The highest BCUT2D eigenvalue weighted by molar-refractivity contribution is 7.93. The lowest BCUT2D eigenvalue weighted by molar-refractivity contribution is -0.133. The van der Waals surface area contributed by atoms with Crippen LogP contribution in [-0.4, -0.2) is 51.9 Å². The Labute approximate surface area is 203 Å². The number of ether oxygens (including phenoxy) is 1. The molecule has 1 saturated heterocycles. The van der Waals surface area contributed by atoms with Gasteiger partial charge in [-0.25, -0.2) is 8.42 Å². The number of primary amides is 1. The van der Waals surface area contributed by atoms with E-state index in [-0.39, 0.29) is 32.3 Å². The number of carbonyl (C=O) groups excluding carboxylic acids is 2. The smallest absolute Gasteiger partial charge is 0.268 e. The molecular formula is C22H25Cl2N3O5S. The monoisotopic (exact) mass is 513 g/mol. The van der Waals surface area contributed by atoms with Gasteiger partial charge in [0.15, 0.2) is 0 Å². The second-order valence-corrected chi connectivity index (χ2v) is 10.6. The van der Waals surface area contributed by atoms with Crippen molar-refractivity contribution in [3.8, 4) is 5.75 Å². The fourth-order valence-corrected chi connectivity index (χ4v) is 5.89. The molecule has 0 saturated carbocycles. The van der Waals surface area contributed by atoms with Crippen molar-refractivity contribution >= 4 is 50.7 Å². The number of benzene rings is 2. The van der Waals surface area contributed by atoms with Crippen molar-refractivity contribution in [2.45, 2.75) is 24.7 Å². The van der Waals surface area contributed by atoms with Crippen molar-refractivity contribution in [1.29, 1.82) is 0 Å². The summed E-state index contributed by atoms with van der Waals surface area (Å²) in [6, 6.07) is 9.10. The third kappa shape index (κ3) is 5.72. The largest absolute Gasteiger partial charge is 0.495 e. The molecule has 2 aromatic rings. The molecule has 0 unspecified atom stereocenters. The summed E-state index contributed by atoms with van der Waals surface area (Å²) in [5.41, 5.74) is 6.22. The molecule has 2 N–H and O–H groups in total. The van der Waals surface area contributed by atoms with Gasteiger partial charge in [0.05, 0.1) is 12.8 Å². The molecule has 2 amide bonds. The van der Waals surface area contributed by atoms with E-state index in [2.05, 4.69) is 0 Å². The number of sulfonamides is 1. The fraction of sp³-hybridized carbons (Fsp3) is 0.364. The molecule has 178 valence electrons. The van der Waals surface area contributed by atoms with Gasteiger partial charge in [-0.3, -0.25) is 13.9 Å². The SMILES string of the molecule is COc1ccc(C)cc1S(=O)(=O)N(CC(=O)N1CCC(C(N)=O)CC1)c1cc(Cl)cc(Cl)c1. The number of rotatable bonds is 7. The Morgan fingerprint density at radius 3 is 2.27 bits per heavy atom. The molecule has 2 aromatic carbocycles. The normalized spacial score (nSPS) is 14.7. The minimum absolute atomic E-state index is 0.0821. The van der Waals surface area contributed by atoms with Crippen LogP contribution in [0.3, 0.4) is 0 Å². The van der Waals surface area contributed by atoms with Gasteiger partial charge in [0, 0.05) is 29.1 Å². The van der Waals surface area contributed by atoms with E-state index in [1.165, 1.54) is 36.3 Å². The summed E-state index contributed by atoms with van der Waals surface area (Å²) < 4.78 is 33.8. The maximum Gasteiger partial charge on any atom is 0.268 e. The van der Waals surface area contributed by atoms with E-state index >= 15 is 0 Å². The quantitative estimate of drug-likeness (QED) is 0.610. The van der Waals surface area contributed by atoms with Gasteiger partial charge in [-0.1, -0.05) is 29.3 Å². The van der Waals surface area contributed by atoms with Crippen LogP contribution in [0, 0.1) is 12.8 Å². The number of anilines is 1. The van der Waals surface area contributed by atoms with Crippen LogP contribution in [0.4, 0.5) is 5.69 Å². The topological polar surface area (TPSA) is 110 Å². The summed E-state index contributed by atoms with van der Waals surface area (Å²) in [5, 5.41) is 0.451. The van der Waals surface area contributed by atoms with Crippen molar-refractivity contribution in [2.24, 2.45) is 11.7 Å². The van der Waals surface area contributed by atoms with E-state index < -0.39 is 28.4 Å². The van der Waals surface area contributed by atoms with Gasteiger partial charge in [-0.2, -0.15) is 0 Å². The highest BCUT2D eigenvalue weighted by Gasteiger charge is 2.33. The summed E-state index contributed by atoms with van der Waals surface area (Å²) in [6.07, 6.45) is 0.866. The zero-order chi connectivity index (χ0) is 24.3. The lowest BCUT2D eigenvalue weighted by atomic mass is 9.96. The molecule has 3 rings (SSSR count). The molecule has 11 heteroatoms. The maximum absolute atomic E-state index is 13.8. The molecular weight excluding hydrogens is 489 g/mol. The Bertz CT molecular complexity index is 1140. The van der Waals surface area contributed by atoms with Gasteiger partial charge < -0.3 is 15.4 Å². The van der Waals surface area contributed by atoms with Crippen LogP contribution in [0.1, 0.15) is 18.4 Å². The van der Waals surface area contributed by atoms with Crippen LogP contribution in [0.25, 0.3) is 0 Å². The van der Waals surface area contributed by atoms with Crippen molar-refractivity contribution in [3.05, 3.63) is 52.0 Å². The molecule has 0 spiro atoms. The number of hydrogen-bond donors (Lipinski definition) is 1. The number of carbonyl (C=O) groups is 2. The second-order valence-electron chi connectivity index (χ2n) is 7.85. The number of amides is 2. The summed E-state index contributed by atoms with van der Waals surface area (Å²) in [5.74, 6) is -0.957. The Morgan fingerprint density at radius 1 is 1.12 bits per heavy atom. The zero-order valence-corrected chi connectivity index (χ0v) is 20.6. The van der Waals surface area contributed by atoms with Crippen LogP contribution >= 0.6 is 23.2 Å². The molecule has 0 aliphatic carbocycles. The molecule has 1 aliphatic heterocycles. The standard InChI is InChI=1S/C22H25Cl2N3O5S/c1-14-3-4-19(32-2)20(9-14)33(30,31)27(18-11-16(23)10-17(24)12-18)13-21(28)26-7-5-15(6-8-26)22(25)29/h3-4,9-12,15H,5-8,13H2,1-2H3,(H2,25,29). The zero-order valence-electron chi connectivity index (χ0n) is 18.3. The van der Waals surface area contributed by atoms with Gasteiger partial charge in [0.1, 0.15) is 17.2 Å². The molecule has 1 aliphatic rings. The first kappa shape index (κ1) is 25.1. The van der Waals surface area contributed by atoms with Gasteiger partial charge in [0.25, 0.3) is 10.0 Å². The average molecular weight is 514 g/mol. The fourth-order valence-electron chi connectivity index (χ4n) is 3.74. The molecule has 1 fully saturated rings. The average Bonchev–Trinajstić information content (AvgIpc) is 2.76. The van der Waals surface area contributed by atoms with Gasteiger partial charge in [0.2, 0.25) is 11.8 Å². The third-order valence-electron chi connectivity index (χ3n) is 5.55. The summed E-state index contributed by atoms with van der Waals surface area (Å²) in [7, 11) is -2.87. The van der Waals surface area contributed by atoms with Crippen molar-refractivity contribution < 1.29 is 22.7 Å². The molecule has 33 heavy (non-hydrogen) atoms. The van der Waals surface area contributed by atoms with E-state index in [1.807, 2.05) is 0 Å². The van der Waals surface area contributed by atoms with E-state index in [4.69, 9.17) is 33.7 Å². The number of nitrogens with zero attached hydrogens (tertiary/aromatic N) is 2. The van der Waals surface area contributed by atoms with Crippen molar-refractivity contribution in [1.82, 2.24) is 4.90 Å². The van der Waals surface area contributed by atoms with E-state index in [0.29, 0.717) is 31.5 Å². The predicted octanol–water partition coefficient (Wildman–Crippen LogP) is 3.23. The van der Waals surface area contributed by atoms with Gasteiger partial charge >= 0.3 is 0 Å². The second kappa shape index (κ2) is 10.2.